The number of carbonyl (C=O) groups is 1. The Kier molecular flexibility index (Phi) is 3.16. The smallest absolute Gasteiger partial charge is 0.332 e. The maximum absolute atomic E-state index is 10.3. The van der Waals surface area contributed by atoms with Crippen molar-refractivity contribution in [2.24, 2.45) is 0 Å². The minimum absolute atomic E-state index is 0.133. The molecule has 0 aliphatic rings. The second-order valence-electron chi connectivity index (χ2n) is 2.02. The third-order valence-corrected chi connectivity index (χ3v) is 1.63. The SMILES string of the molecule is C=C(C)/C(Cl)=C(\C)C(=O)O. The summed E-state index contributed by atoms with van der Waals surface area (Å²) in [6.07, 6.45) is 0. The summed E-state index contributed by atoms with van der Waals surface area (Å²) in [4.78, 5) is 10.3. The van der Waals surface area contributed by atoms with Gasteiger partial charge in [-0.05, 0) is 19.4 Å². The third-order valence-electron chi connectivity index (χ3n) is 1.02. The van der Waals surface area contributed by atoms with E-state index in [2.05, 4.69) is 6.58 Å². The Bertz CT molecular complexity index is 182. The van der Waals surface area contributed by atoms with Crippen LogP contribution < -0.4 is 0 Å². The summed E-state index contributed by atoms with van der Waals surface area (Å²) >= 11 is 5.56. The molecule has 0 aromatic heterocycles. The van der Waals surface area contributed by atoms with Crippen LogP contribution in [0.1, 0.15) is 13.8 Å². The molecule has 0 atom stereocenters. The summed E-state index contributed by atoms with van der Waals surface area (Å²) in [5.74, 6) is -1.01. The number of halogens is 1. The summed E-state index contributed by atoms with van der Waals surface area (Å²) in [6.45, 7) is 6.61. The Hall–Kier alpha value is -0.760. The second-order valence-corrected chi connectivity index (χ2v) is 2.40. The molecule has 0 fully saturated rings. The summed E-state index contributed by atoms with van der Waals surface area (Å²) in [5.41, 5.74) is 0.704. The van der Waals surface area contributed by atoms with Crippen molar-refractivity contribution < 1.29 is 9.90 Å². The highest BCUT2D eigenvalue weighted by molar-refractivity contribution is 6.33. The van der Waals surface area contributed by atoms with Crippen LogP contribution in [0.2, 0.25) is 0 Å². The Balaban J connectivity index is 4.67. The Morgan fingerprint density at radius 2 is 1.90 bits per heavy atom. The van der Waals surface area contributed by atoms with Gasteiger partial charge in [-0.15, -0.1) is 0 Å². The topological polar surface area (TPSA) is 37.3 Å². The highest BCUT2D eigenvalue weighted by Gasteiger charge is 2.06. The van der Waals surface area contributed by atoms with Crippen LogP contribution in [0, 0.1) is 0 Å². The normalized spacial score (nSPS) is 12.3. The van der Waals surface area contributed by atoms with E-state index in [4.69, 9.17) is 16.7 Å². The lowest BCUT2D eigenvalue weighted by atomic mass is 10.2. The lowest BCUT2D eigenvalue weighted by Crippen LogP contribution is -1.98. The molecule has 2 nitrogen and oxygen atoms in total. The molecular formula is C7H9ClO2. The molecule has 0 aromatic rings. The standard InChI is InChI=1S/C7H9ClO2/c1-4(2)6(8)5(3)7(9)10/h1H2,2-3H3,(H,9,10)/b6-5-. The van der Waals surface area contributed by atoms with Crippen molar-refractivity contribution in [1.82, 2.24) is 0 Å². The number of rotatable bonds is 2. The molecule has 0 bridgehead atoms. The minimum atomic E-state index is -1.01. The van der Waals surface area contributed by atoms with E-state index in [0.29, 0.717) is 5.57 Å². The largest absolute Gasteiger partial charge is 0.478 e. The first-order chi connectivity index (χ1) is 4.46. The zero-order valence-electron chi connectivity index (χ0n) is 5.94. The number of allylic oxidation sites excluding steroid dienone is 2. The van der Waals surface area contributed by atoms with Gasteiger partial charge in [0, 0.05) is 0 Å². The predicted octanol–water partition coefficient (Wildman–Crippen LogP) is 2.16. The average molecular weight is 161 g/mol. The van der Waals surface area contributed by atoms with Crippen molar-refractivity contribution in [3.63, 3.8) is 0 Å². The zero-order chi connectivity index (χ0) is 8.31. The van der Waals surface area contributed by atoms with Crippen LogP contribution in [0.15, 0.2) is 22.8 Å². The second kappa shape index (κ2) is 3.42. The van der Waals surface area contributed by atoms with Crippen LogP contribution in [0.5, 0.6) is 0 Å². The molecule has 10 heavy (non-hydrogen) atoms. The van der Waals surface area contributed by atoms with Crippen molar-refractivity contribution in [1.29, 1.82) is 0 Å². The fourth-order valence-corrected chi connectivity index (χ4v) is 0.495. The average Bonchev–Trinajstić information content (AvgIpc) is 1.84. The molecular weight excluding hydrogens is 152 g/mol. The highest BCUT2D eigenvalue weighted by Crippen LogP contribution is 2.16. The lowest BCUT2D eigenvalue weighted by Gasteiger charge is -1.98. The monoisotopic (exact) mass is 160 g/mol. The maximum atomic E-state index is 10.3. The molecule has 56 valence electrons. The van der Waals surface area contributed by atoms with Gasteiger partial charge in [0.15, 0.2) is 0 Å². The van der Waals surface area contributed by atoms with E-state index in [1.54, 1.807) is 6.92 Å². The summed E-state index contributed by atoms with van der Waals surface area (Å²) in [6, 6.07) is 0. The quantitative estimate of drug-likeness (QED) is 0.497. The van der Waals surface area contributed by atoms with Gasteiger partial charge in [-0.3, -0.25) is 0 Å². The fourth-order valence-electron chi connectivity index (χ4n) is 0.414. The summed E-state index contributed by atoms with van der Waals surface area (Å²) < 4.78 is 0. The maximum Gasteiger partial charge on any atom is 0.332 e. The van der Waals surface area contributed by atoms with Gasteiger partial charge in [-0.1, -0.05) is 18.2 Å². The van der Waals surface area contributed by atoms with E-state index in [1.807, 2.05) is 0 Å². The Morgan fingerprint density at radius 1 is 1.50 bits per heavy atom. The molecule has 0 saturated carbocycles. The summed E-state index contributed by atoms with van der Waals surface area (Å²) in [5, 5.41) is 8.65. The first kappa shape index (κ1) is 9.24. The molecule has 0 aliphatic carbocycles. The highest BCUT2D eigenvalue weighted by atomic mass is 35.5. The van der Waals surface area contributed by atoms with Gasteiger partial charge in [-0.2, -0.15) is 0 Å². The van der Waals surface area contributed by atoms with E-state index < -0.39 is 5.97 Å². The van der Waals surface area contributed by atoms with Gasteiger partial charge in [0.2, 0.25) is 0 Å². The first-order valence-electron chi connectivity index (χ1n) is 2.72. The van der Waals surface area contributed by atoms with Crippen LogP contribution in [-0.2, 0) is 4.79 Å². The van der Waals surface area contributed by atoms with Gasteiger partial charge in [0.05, 0.1) is 10.6 Å². The van der Waals surface area contributed by atoms with Crippen molar-refractivity contribution in [3.8, 4) is 0 Å². The van der Waals surface area contributed by atoms with Crippen LogP contribution in [0.25, 0.3) is 0 Å². The Morgan fingerprint density at radius 3 is 2.00 bits per heavy atom. The molecule has 0 radical (unpaired) electrons. The van der Waals surface area contributed by atoms with E-state index >= 15 is 0 Å². The van der Waals surface area contributed by atoms with Gasteiger partial charge >= 0.3 is 5.97 Å². The van der Waals surface area contributed by atoms with Gasteiger partial charge in [0.25, 0.3) is 0 Å². The van der Waals surface area contributed by atoms with E-state index in [1.165, 1.54) is 6.92 Å². The number of aliphatic carboxylic acids is 1. The van der Waals surface area contributed by atoms with E-state index in [0.717, 1.165) is 0 Å². The minimum Gasteiger partial charge on any atom is -0.478 e. The summed E-state index contributed by atoms with van der Waals surface area (Å²) in [7, 11) is 0. The number of hydrogen-bond donors (Lipinski definition) is 1. The molecule has 0 unspecified atom stereocenters. The molecule has 0 amide bonds. The van der Waals surface area contributed by atoms with Crippen molar-refractivity contribution in [3.05, 3.63) is 22.8 Å². The van der Waals surface area contributed by atoms with E-state index in [9.17, 15) is 4.79 Å². The van der Waals surface area contributed by atoms with Gasteiger partial charge in [-0.25, -0.2) is 4.79 Å². The molecule has 3 heteroatoms. The fraction of sp³-hybridized carbons (Fsp3) is 0.286. The van der Waals surface area contributed by atoms with Crippen molar-refractivity contribution >= 4 is 17.6 Å². The first-order valence-corrected chi connectivity index (χ1v) is 3.10. The van der Waals surface area contributed by atoms with Crippen LogP contribution in [-0.4, -0.2) is 11.1 Å². The lowest BCUT2D eigenvalue weighted by molar-refractivity contribution is -0.132. The van der Waals surface area contributed by atoms with E-state index in [-0.39, 0.29) is 10.6 Å². The van der Waals surface area contributed by atoms with Crippen LogP contribution >= 0.6 is 11.6 Å². The predicted molar refractivity (Wildman–Crippen MR) is 41.0 cm³/mol. The third kappa shape index (κ3) is 2.23. The van der Waals surface area contributed by atoms with Crippen molar-refractivity contribution in [2.75, 3.05) is 0 Å². The molecule has 0 rings (SSSR count). The number of carboxylic acids is 1. The molecule has 0 aliphatic heterocycles. The zero-order valence-corrected chi connectivity index (χ0v) is 6.70. The van der Waals surface area contributed by atoms with Crippen molar-refractivity contribution in [2.45, 2.75) is 13.8 Å². The number of carboxylic acid groups (broad SMARTS) is 1. The van der Waals surface area contributed by atoms with Gasteiger partial charge in [0.1, 0.15) is 0 Å². The Labute approximate surface area is 64.8 Å². The number of hydrogen-bond acceptors (Lipinski definition) is 1. The van der Waals surface area contributed by atoms with Crippen LogP contribution in [0.4, 0.5) is 0 Å². The van der Waals surface area contributed by atoms with Gasteiger partial charge < -0.3 is 5.11 Å². The molecule has 0 heterocycles. The molecule has 0 aromatic carbocycles. The molecule has 0 saturated heterocycles. The molecule has 0 spiro atoms. The van der Waals surface area contributed by atoms with Crippen LogP contribution in [0.3, 0.4) is 0 Å². The molecule has 1 N–H and O–H groups in total.